The molecule has 0 spiro atoms. The van der Waals surface area contributed by atoms with Gasteiger partial charge in [0.2, 0.25) is 5.88 Å². The first-order valence-electron chi connectivity index (χ1n) is 38.0. The van der Waals surface area contributed by atoms with E-state index in [-0.39, 0.29) is 0 Å². The van der Waals surface area contributed by atoms with Crippen molar-refractivity contribution < 1.29 is 9.47 Å². The zero-order valence-electron chi connectivity index (χ0n) is 63.8. The Morgan fingerprint density at radius 1 is 0.413 bits per heavy atom. The molecule has 0 aliphatic carbocycles. The van der Waals surface area contributed by atoms with Gasteiger partial charge in [0.15, 0.2) is 11.6 Å². The quantitative estimate of drug-likeness (QED) is 0.0604. The van der Waals surface area contributed by atoms with Gasteiger partial charge >= 0.3 is 0 Å². The van der Waals surface area contributed by atoms with E-state index in [4.69, 9.17) is 39.4 Å². The number of pyridine rings is 6. The molecule has 25 heteroatoms. The fraction of sp³-hybridized carbons (Fsp3) is 0.369. The molecule has 2 atom stereocenters. The van der Waals surface area contributed by atoms with Gasteiger partial charge in [0.05, 0.1) is 48.4 Å². The van der Waals surface area contributed by atoms with Gasteiger partial charge in [-0.15, -0.1) is 0 Å². The van der Waals surface area contributed by atoms with E-state index < -0.39 is 0 Å². The molecule has 6 aliphatic rings. The number of benzene rings is 1. The molecular weight excluding hydrogens is 1360 g/mol. The van der Waals surface area contributed by atoms with E-state index in [0.29, 0.717) is 48.9 Å². The number of nitrogens with one attached hydrogen (secondary N) is 3. The number of piperidine rings is 1. The van der Waals surface area contributed by atoms with Crippen molar-refractivity contribution in [3.05, 3.63) is 243 Å². The van der Waals surface area contributed by atoms with Gasteiger partial charge in [-0.3, -0.25) is 40.0 Å². The lowest BCUT2D eigenvalue weighted by molar-refractivity contribution is -0.00868. The predicted octanol–water partition coefficient (Wildman–Crippen LogP) is 11.5. The van der Waals surface area contributed by atoms with Crippen LogP contribution in [0.15, 0.2) is 159 Å². The first kappa shape index (κ1) is 73.1. The average molecular weight is 1460 g/mol. The predicted molar refractivity (Wildman–Crippen MR) is 425 cm³/mol. The molecule has 6 saturated heterocycles. The molecule has 25 nitrogen and oxygen atoms in total. The lowest BCUT2D eigenvalue weighted by atomic mass is 9.86. The van der Waals surface area contributed by atoms with Crippen LogP contribution >= 0.6 is 0 Å². The Morgan fingerprint density at radius 2 is 0.927 bits per heavy atom. The lowest BCUT2D eigenvalue weighted by Gasteiger charge is -2.56. The number of hydrogen-bond donors (Lipinski definition) is 3. The van der Waals surface area contributed by atoms with E-state index in [0.717, 1.165) is 206 Å². The minimum atomic E-state index is 0.578. The van der Waals surface area contributed by atoms with Crippen molar-refractivity contribution in [2.45, 2.75) is 112 Å². The molecular formula is C84H97N23O2. The Hall–Kier alpha value is -11.4. The monoisotopic (exact) mass is 1460 g/mol. The maximum absolute atomic E-state index is 5.31. The second-order valence-corrected chi connectivity index (χ2v) is 29.4. The van der Waals surface area contributed by atoms with Crippen molar-refractivity contribution in [2.24, 2.45) is 0 Å². The highest BCUT2D eigenvalue weighted by Crippen LogP contribution is 2.37. The SMILES string of the molecule is COc1ccc(CN2C3CC2CN(c2ccc(-c4cc(N5CCCC5)cc(Cc5cc(C)[nH]n5)n4)cn2)C3)cc1.COc1ccc(CN2CCN(c3ccc(-c4nc(C)cc(Cc5cc(C)[nH]n5)n4)cn3)CC2)cn1.Cc1cc(Cc2cc(C)[nH]n2)nc(-c2ccc(N3CCN(Cc4cnccc4C)CC3)nc2)n1. The topological polar surface area (TPSA) is 256 Å². The van der Waals surface area contributed by atoms with Gasteiger partial charge in [0.25, 0.3) is 0 Å². The van der Waals surface area contributed by atoms with Crippen molar-refractivity contribution >= 4 is 23.1 Å². The third kappa shape index (κ3) is 18.6. The molecule has 3 N–H and O–H groups in total. The number of aromatic amines is 3. The highest BCUT2D eigenvalue weighted by atomic mass is 16.5. The van der Waals surface area contributed by atoms with Gasteiger partial charge in [-0.05, 0) is 180 Å². The van der Waals surface area contributed by atoms with E-state index >= 15 is 0 Å². The summed E-state index contributed by atoms with van der Waals surface area (Å²) in [6.07, 6.45) is 17.3. The van der Waals surface area contributed by atoms with Gasteiger partial charge < -0.3 is 29.1 Å². The average Bonchev–Trinajstić information content (AvgIpc) is 0.885. The molecule has 6 fully saturated rings. The number of piperazine rings is 3. The maximum atomic E-state index is 5.31. The summed E-state index contributed by atoms with van der Waals surface area (Å²) >= 11 is 0. The smallest absolute Gasteiger partial charge is 0.212 e. The van der Waals surface area contributed by atoms with Crippen LogP contribution in [0.2, 0.25) is 0 Å². The normalized spacial score (nSPS) is 16.7. The Balaban J connectivity index is 0.000000131. The fourth-order valence-corrected chi connectivity index (χ4v) is 15.2. The Morgan fingerprint density at radius 3 is 1.40 bits per heavy atom. The van der Waals surface area contributed by atoms with Crippen molar-refractivity contribution in [3.63, 3.8) is 0 Å². The summed E-state index contributed by atoms with van der Waals surface area (Å²) in [5, 5.41) is 22.1. The summed E-state index contributed by atoms with van der Waals surface area (Å²) in [5.74, 6) is 6.01. The summed E-state index contributed by atoms with van der Waals surface area (Å²) in [4.78, 5) is 64.1. The number of fused-ring (bicyclic) bond motifs is 2. The largest absolute Gasteiger partial charge is 0.497 e. The zero-order chi connectivity index (χ0) is 74.7. The molecule has 11 aromatic heterocycles. The number of hydrogen-bond acceptors (Lipinski definition) is 22. The molecule has 0 amide bonds. The van der Waals surface area contributed by atoms with E-state index in [1.807, 2.05) is 102 Å². The Kier molecular flexibility index (Phi) is 22.7. The maximum Gasteiger partial charge on any atom is 0.212 e. The zero-order valence-corrected chi connectivity index (χ0v) is 63.8. The van der Waals surface area contributed by atoms with Crippen molar-refractivity contribution in [3.8, 4) is 45.7 Å². The van der Waals surface area contributed by atoms with E-state index in [9.17, 15) is 0 Å². The van der Waals surface area contributed by atoms with Crippen LogP contribution in [0.5, 0.6) is 11.6 Å². The van der Waals surface area contributed by atoms with Gasteiger partial charge in [0, 0.05) is 229 Å². The lowest BCUT2D eigenvalue weighted by Crippen LogP contribution is -2.68. The van der Waals surface area contributed by atoms with Crippen molar-refractivity contribution in [1.29, 1.82) is 0 Å². The van der Waals surface area contributed by atoms with Crippen LogP contribution in [0.3, 0.4) is 0 Å². The van der Waals surface area contributed by atoms with Gasteiger partial charge in [-0.25, -0.2) is 39.9 Å². The van der Waals surface area contributed by atoms with Crippen LogP contribution in [-0.2, 0) is 38.9 Å². The molecule has 12 aromatic rings. The molecule has 18 rings (SSSR count). The number of nitrogens with zero attached hydrogens (tertiary/aromatic N) is 20. The number of aromatic nitrogens is 16. The number of anilines is 4. The highest BCUT2D eigenvalue weighted by Gasteiger charge is 2.44. The third-order valence-corrected chi connectivity index (χ3v) is 21.1. The van der Waals surface area contributed by atoms with E-state index in [1.165, 1.54) is 47.2 Å². The summed E-state index contributed by atoms with van der Waals surface area (Å²) in [5.41, 5.74) is 21.3. The van der Waals surface area contributed by atoms with Crippen LogP contribution in [-0.4, -0.2) is 200 Å². The molecule has 1 aromatic carbocycles. The third-order valence-electron chi connectivity index (χ3n) is 21.1. The molecule has 560 valence electrons. The first-order valence-corrected chi connectivity index (χ1v) is 38.0. The standard InChI is InChI=1S/C32H37N7O.C26H30N8O.C26H30N8/c1-22-13-26(36-35-22)14-25-15-27(37-11-3-4-12-37)17-31(34-25)24-7-10-32(33-18-24)38-20-28-16-29(21-38)39(28)19-23-5-8-30(40-2)9-6-23;1-18-12-22(14-23-13-19(2)31-32-23)30-26(29-18)21-5-6-24(27-16-21)34-10-8-33(9-11-34)17-20-4-7-25(35-3)28-15-20;1-18-6-7-27-15-22(18)17-33-8-10-34(11-9-33)25-5-4-21(16-28-25)26-29-19(2)12-23(30-26)14-24-13-20(3)31-32-24/h5-10,13,15,17-18,28-29H,3-4,11-12,14,16,19-21H2,1-2H3,(H,35,36);4-7,12-13,15-16H,8-11,14,17H2,1-3H3,(H,31,32);4-7,12-13,15-16H,8-11,14,17H2,1-3H3,(H,31,32). The Labute approximate surface area is 637 Å². The summed E-state index contributed by atoms with van der Waals surface area (Å²) in [6.45, 7) is 27.0. The molecule has 6 aliphatic heterocycles. The second-order valence-electron chi connectivity index (χ2n) is 29.4. The number of aryl methyl sites for hydroxylation is 6. The van der Waals surface area contributed by atoms with Gasteiger partial charge in [0.1, 0.15) is 23.2 Å². The van der Waals surface area contributed by atoms with Crippen LogP contribution < -0.4 is 29.1 Å². The van der Waals surface area contributed by atoms with Crippen molar-refractivity contribution in [1.82, 2.24) is 95.1 Å². The summed E-state index contributed by atoms with van der Waals surface area (Å²) in [6, 6.07) is 43.0. The summed E-state index contributed by atoms with van der Waals surface area (Å²) in [7, 11) is 3.35. The van der Waals surface area contributed by atoms with E-state index in [1.54, 1.807) is 14.2 Å². The number of methoxy groups -OCH3 is 2. The van der Waals surface area contributed by atoms with Crippen LogP contribution in [0.25, 0.3) is 34.0 Å². The van der Waals surface area contributed by atoms with Crippen molar-refractivity contribution in [2.75, 3.05) is 112 Å². The minimum Gasteiger partial charge on any atom is -0.497 e. The fourth-order valence-electron chi connectivity index (χ4n) is 15.2. The number of ether oxygens (including phenoxy) is 2. The molecule has 109 heavy (non-hydrogen) atoms. The first-order chi connectivity index (χ1) is 53.2. The number of rotatable bonds is 21. The number of H-pyrrole nitrogens is 3. The Bertz CT molecular complexity index is 4950. The molecule has 2 bridgehead atoms. The molecule has 0 radical (unpaired) electrons. The highest BCUT2D eigenvalue weighted by molar-refractivity contribution is 5.67. The van der Waals surface area contributed by atoms with Crippen LogP contribution in [0.4, 0.5) is 23.1 Å². The van der Waals surface area contributed by atoms with Crippen LogP contribution in [0, 0.1) is 41.5 Å². The van der Waals surface area contributed by atoms with Crippen LogP contribution in [0.1, 0.15) is 104 Å². The summed E-state index contributed by atoms with van der Waals surface area (Å²) < 4.78 is 10.5. The van der Waals surface area contributed by atoms with Gasteiger partial charge in [-0.2, -0.15) is 15.3 Å². The molecule has 2 unspecified atom stereocenters. The molecule has 17 heterocycles. The molecule has 0 saturated carbocycles. The van der Waals surface area contributed by atoms with Gasteiger partial charge in [-0.1, -0.05) is 18.2 Å². The second kappa shape index (κ2) is 33.8. The van der Waals surface area contributed by atoms with E-state index in [2.05, 4.69) is 183 Å². The minimum absolute atomic E-state index is 0.578.